The third kappa shape index (κ3) is 4.64. The molecule has 33 heavy (non-hydrogen) atoms. The van der Waals surface area contributed by atoms with E-state index in [1.165, 1.54) is 6.20 Å². The van der Waals surface area contributed by atoms with E-state index in [1.807, 2.05) is 0 Å². The summed E-state index contributed by atoms with van der Waals surface area (Å²) in [6.07, 6.45) is 1.51. The second kappa shape index (κ2) is 9.13. The molecule has 0 spiro atoms. The highest BCUT2D eigenvalue weighted by atomic mass is 32.2. The number of benzene rings is 2. The monoisotopic (exact) mass is 465 g/mol. The summed E-state index contributed by atoms with van der Waals surface area (Å²) in [7, 11) is -1.82. The van der Waals surface area contributed by atoms with Gasteiger partial charge in [0.1, 0.15) is 5.69 Å². The first kappa shape index (κ1) is 20.1. The fourth-order valence-corrected chi connectivity index (χ4v) is 4.26. The Hall–Kier alpha value is -3.56. The number of nitrogens with zero attached hydrogens (tertiary/aromatic N) is 3. The highest BCUT2D eigenvalue weighted by molar-refractivity contribution is 7.92. The molecule has 170 valence electrons. The zero-order chi connectivity index (χ0) is 25.4. The van der Waals surface area contributed by atoms with Crippen molar-refractivity contribution in [2.45, 2.75) is 30.5 Å². The van der Waals surface area contributed by atoms with Gasteiger partial charge in [0, 0.05) is 26.4 Å². The standard InChI is InChI=1S/C24H25N5O3S/c1-15(2)33(30,31)19-10-8-18(9-11-19)21-14-27-24(25)23(28-21)22-12-20(29-32-22)17-6-4-16(5-7-17)13-26-3/h4-12,14-15,26H,13H2,1-3H3,(H2,25,27)/i13D2. The largest absolute Gasteiger partial charge is 0.382 e. The molecule has 2 aromatic carbocycles. The van der Waals surface area contributed by atoms with Crippen molar-refractivity contribution >= 4 is 15.7 Å². The van der Waals surface area contributed by atoms with Crippen molar-refractivity contribution in [2.24, 2.45) is 0 Å². The van der Waals surface area contributed by atoms with E-state index in [0.29, 0.717) is 34.0 Å². The molecule has 0 saturated carbocycles. The van der Waals surface area contributed by atoms with Gasteiger partial charge < -0.3 is 15.6 Å². The SMILES string of the molecule is [2H]C([2H])(NC)c1ccc(-c2cc(-c3nc(-c4ccc(S(=O)(=O)C(C)C)cc4)cnc3N)on2)cc1. The fourth-order valence-electron chi connectivity index (χ4n) is 3.20. The fraction of sp³-hybridized carbons (Fsp3) is 0.208. The molecule has 0 amide bonds. The Balaban J connectivity index is 1.63. The van der Waals surface area contributed by atoms with E-state index in [1.54, 1.807) is 75.5 Å². The van der Waals surface area contributed by atoms with Crippen LogP contribution in [0.2, 0.25) is 0 Å². The molecule has 0 unspecified atom stereocenters. The van der Waals surface area contributed by atoms with Gasteiger partial charge in [-0.25, -0.2) is 18.4 Å². The Kier molecular flexibility index (Phi) is 5.55. The summed E-state index contributed by atoms with van der Waals surface area (Å²) in [5.74, 6) is 0.480. The Morgan fingerprint density at radius 3 is 2.33 bits per heavy atom. The van der Waals surface area contributed by atoms with E-state index in [-0.39, 0.29) is 10.7 Å². The number of nitrogens with one attached hydrogen (secondary N) is 1. The van der Waals surface area contributed by atoms with Crippen LogP contribution < -0.4 is 11.1 Å². The smallest absolute Gasteiger partial charge is 0.189 e. The van der Waals surface area contributed by atoms with Crippen LogP contribution in [-0.2, 0) is 16.3 Å². The molecular weight excluding hydrogens is 438 g/mol. The van der Waals surface area contributed by atoms with E-state index < -0.39 is 21.6 Å². The molecule has 0 fully saturated rings. The second-order valence-electron chi connectivity index (χ2n) is 7.64. The molecule has 0 aliphatic rings. The van der Waals surface area contributed by atoms with Crippen LogP contribution in [0.1, 0.15) is 22.2 Å². The van der Waals surface area contributed by atoms with E-state index in [9.17, 15) is 8.42 Å². The molecule has 9 heteroatoms. The average Bonchev–Trinajstić information content (AvgIpc) is 3.34. The Labute approximate surface area is 195 Å². The predicted molar refractivity (Wildman–Crippen MR) is 128 cm³/mol. The molecule has 4 aromatic rings. The number of anilines is 1. The summed E-state index contributed by atoms with van der Waals surface area (Å²) in [6.45, 7) is 1.64. The van der Waals surface area contributed by atoms with Crippen LogP contribution in [0.25, 0.3) is 34.0 Å². The molecule has 8 nitrogen and oxygen atoms in total. The highest BCUT2D eigenvalue weighted by Crippen LogP contribution is 2.30. The van der Waals surface area contributed by atoms with Gasteiger partial charge in [0.05, 0.1) is 22.0 Å². The maximum absolute atomic E-state index is 12.4. The van der Waals surface area contributed by atoms with E-state index in [4.69, 9.17) is 13.0 Å². The Morgan fingerprint density at radius 2 is 1.70 bits per heavy atom. The zero-order valence-corrected chi connectivity index (χ0v) is 19.2. The third-order valence-electron chi connectivity index (χ3n) is 5.09. The number of nitrogens with two attached hydrogens (primary N) is 1. The highest BCUT2D eigenvalue weighted by Gasteiger charge is 2.20. The number of hydrogen-bond acceptors (Lipinski definition) is 8. The van der Waals surface area contributed by atoms with Crippen molar-refractivity contribution in [3.8, 4) is 34.0 Å². The lowest BCUT2D eigenvalue weighted by molar-refractivity contribution is 0.434. The predicted octanol–water partition coefficient (Wildman–Crippen LogP) is 3.95. The molecule has 2 heterocycles. The van der Waals surface area contributed by atoms with Crippen LogP contribution in [0, 0.1) is 0 Å². The molecular formula is C24H25N5O3S. The zero-order valence-electron chi connectivity index (χ0n) is 20.4. The lowest BCUT2D eigenvalue weighted by atomic mass is 10.1. The van der Waals surface area contributed by atoms with E-state index in [0.717, 1.165) is 5.56 Å². The van der Waals surface area contributed by atoms with Crippen LogP contribution in [0.3, 0.4) is 0 Å². The van der Waals surface area contributed by atoms with Crippen molar-refractivity contribution in [3.05, 3.63) is 66.4 Å². The Morgan fingerprint density at radius 1 is 1.06 bits per heavy atom. The van der Waals surface area contributed by atoms with Gasteiger partial charge in [0.2, 0.25) is 0 Å². The average molecular weight is 466 g/mol. The van der Waals surface area contributed by atoms with Crippen LogP contribution in [0.5, 0.6) is 0 Å². The molecule has 0 saturated heterocycles. The van der Waals surface area contributed by atoms with Gasteiger partial charge in [-0.1, -0.05) is 41.6 Å². The molecule has 4 rings (SSSR count). The minimum atomic E-state index is -3.37. The number of nitrogen functional groups attached to an aromatic ring is 1. The summed E-state index contributed by atoms with van der Waals surface area (Å²) in [5, 5.41) is 6.21. The normalized spacial score (nSPS) is 13.1. The molecule has 2 aromatic heterocycles. The van der Waals surface area contributed by atoms with Crippen molar-refractivity contribution in [1.29, 1.82) is 0 Å². The van der Waals surface area contributed by atoms with Crippen LogP contribution in [0.15, 0.2) is 70.2 Å². The van der Waals surface area contributed by atoms with Gasteiger partial charge in [-0.3, -0.25) is 0 Å². The van der Waals surface area contributed by atoms with Gasteiger partial charge in [-0.2, -0.15) is 0 Å². The molecule has 0 radical (unpaired) electrons. The van der Waals surface area contributed by atoms with Crippen molar-refractivity contribution in [2.75, 3.05) is 12.8 Å². The first-order chi connectivity index (χ1) is 16.5. The lowest BCUT2D eigenvalue weighted by Gasteiger charge is -2.09. The maximum atomic E-state index is 12.4. The number of rotatable bonds is 7. The van der Waals surface area contributed by atoms with Gasteiger partial charge in [0.15, 0.2) is 27.1 Å². The van der Waals surface area contributed by atoms with Crippen LogP contribution >= 0.6 is 0 Å². The minimum absolute atomic E-state index is 0.160. The van der Waals surface area contributed by atoms with Crippen molar-refractivity contribution in [1.82, 2.24) is 20.4 Å². The quantitative estimate of drug-likeness (QED) is 0.420. The molecule has 3 N–H and O–H groups in total. The molecule has 0 aliphatic carbocycles. The van der Waals surface area contributed by atoms with Crippen molar-refractivity contribution < 1.29 is 15.7 Å². The van der Waals surface area contributed by atoms with E-state index in [2.05, 4.69) is 20.4 Å². The maximum Gasteiger partial charge on any atom is 0.189 e. The van der Waals surface area contributed by atoms with Crippen LogP contribution in [-0.4, -0.2) is 35.8 Å². The van der Waals surface area contributed by atoms with Gasteiger partial charge in [-0.15, -0.1) is 0 Å². The first-order valence-electron chi connectivity index (χ1n) is 11.3. The molecule has 0 atom stereocenters. The topological polar surface area (TPSA) is 124 Å². The molecule has 0 aliphatic heterocycles. The lowest BCUT2D eigenvalue weighted by Crippen LogP contribution is -2.13. The molecule has 0 bridgehead atoms. The minimum Gasteiger partial charge on any atom is -0.382 e. The number of sulfone groups is 1. The summed E-state index contributed by atoms with van der Waals surface area (Å²) >= 11 is 0. The van der Waals surface area contributed by atoms with Crippen molar-refractivity contribution in [3.63, 3.8) is 0 Å². The Bertz CT molecular complexity index is 1450. The van der Waals surface area contributed by atoms with Gasteiger partial charge in [0.25, 0.3) is 0 Å². The summed E-state index contributed by atoms with van der Waals surface area (Å²) in [5.41, 5.74) is 9.30. The second-order valence-corrected chi connectivity index (χ2v) is 10.1. The summed E-state index contributed by atoms with van der Waals surface area (Å²) < 4.78 is 46.1. The van der Waals surface area contributed by atoms with Crippen LogP contribution in [0.4, 0.5) is 5.82 Å². The third-order valence-corrected chi connectivity index (χ3v) is 7.26. The number of aromatic nitrogens is 3. The number of hydrogen-bond donors (Lipinski definition) is 2. The summed E-state index contributed by atoms with van der Waals surface area (Å²) in [6, 6.07) is 15.0. The van der Waals surface area contributed by atoms with Gasteiger partial charge >= 0.3 is 0 Å². The first-order valence-corrected chi connectivity index (χ1v) is 11.8. The summed E-state index contributed by atoms with van der Waals surface area (Å²) in [4.78, 5) is 9.04. The van der Waals surface area contributed by atoms with E-state index >= 15 is 0 Å². The van der Waals surface area contributed by atoms with Gasteiger partial charge in [-0.05, 0) is 38.6 Å².